The summed E-state index contributed by atoms with van der Waals surface area (Å²) in [6.45, 7) is 8.58. The van der Waals surface area contributed by atoms with Crippen LogP contribution in [-0.4, -0.2) is 39.3 Å². The largest absolute Gasteiger partial charge is 0.378 e. The van der Waals surface area contributed by atoms with Crippen LogP contribution in [0.3, 0.4) is 0 Å². The highest BCUT2D eigenvalue weighted by Crippen LogP contribution is 2.57. The summed E-state index contributed by atoms with van der Waals surface area (Å²) < 4.78 is 7.65. The number of nitrogens with zero attached hydrogens (tertiary/aromatic N) is 3. The molecule has 4 rings (SSSR count). The normalized spacial score (nSPS) is 24.2. The van der Waals surface area contributed by atoms with Gasteiger partial charge in [-0.2, -0.15) is 5.10 Å². The van der Waals surface area contributed by atoms with Gasteiger partial charge in [-0.15, -0.1) is 0 Å². The van der Waals surface area contributed by atoms with Crippen molar-refractivity contribution in [2.75, 3.05) is 6.61 Å². The Bertz CT molecular complexity index is 838. The van der Waals surface area contributed by atoms with Crippen LogP contribution in [0.15, 0.2) is 6.07 Å². The quantitative estimate of drug-likeness (QED) is 0.928. The van der Waals surface area contributed by atoms with Crippen molar-refractivity contribution in [3.63, 3.8) is 0 Å². The molecule has 1 N–H and O–H groups in total. The second kappa shape index (κ2) is 5.80. The fourth-order valence-electron chi connectivity index (χ4n) is 4.56. The molecule has 0 unspecified atom stereocenters. The molecule has 25 heavy (non-hydrogen) atoms. The Kier molecular flexibility index (Phi) is 3.83. The molecule has 0 aromatic carbocycles. The minimum atomic E-state index is -0.0591. The first-order chi connectivity index (χ1) is 12.0. The van der Waals surface area contributed by atoms with E-state index in [1.165, 1.54) is 6.42 Å². The number of carbonyl (C=O) groups excluding carboxylic acids is 1. The van der Waals surface area contributed by atoms with E-state index in [1.54, 1.807) is 4.52 Å². The van der Waals surface area contributed by atoms with Gasteiger partial charge in [0.15, 0.2) is 5.65 Å². The van der Waals surface area contributed by atoms with E-state index in [0.29, 0.717) is 17.3 Å². The molecule has 0 saturated heterocycles. The lowest BCUT2D eigenvalue weighted by Gasteiger charge is -2.60. The molecule has 2 aliphatic rings. The van der Waals surface area contributed by atoms with Gasteiger partial charge in [0.05, 0.1) is 11.8 Å². The zero-order chi connectivity index (χ0) is 17.8. The Morgan fingerprint density at radius 1 is 1.40 bits per heavy atom. The fraction of sp³-hybridized carbons (Fsp3) is 0.632. The van der Waals surface area contributed by atoms with E-state index >= 15 is 0 Å². The van der Waals surface area contributed by atoms with Crippen LogP contribution in [0.2, 0.25) is 0 Å². The first-order valence-corrected chi connectivity index (χ1v) is 9.22. The zero-order valence-electron chi connectivity index (χ0n) is 15.4. The number of nitrogens with one attached hydrogen (secondary N) is 1. The van der Waals surface area contributed by atoms with Crippen molar-refractivity contribution in [1.82, 2.24) is 19.9 Å². The maximum Gasteiger partial charge on any atom is 0.257 e. The third-order valence-corrected chi connectivity index (χ3v) is 6.04. The zero-order valence-corrected chi connectivity index (χ0v) is 15.4. The highest BCUT2D eigenvalue weighted by atomic mass is 16.5. The SMILES string of the molecule is CCO[C@H]1C[C@H](NC(=O)c2c(C)nn3c(C)cc(C)nc23)C12CCC2. The molecule has 2 fully saturated rings. The monoisotopic (exact) mass is 342 g/mol. The lowest BCUT2D eigenvalue weighted by molar-refractivity contribution is -0.169. The maximum atomic E-state index is 13.0. The van der Waals surface area contributed by atoms with E-state index in [1.807, 2.05) is 33.8 Å². The number of ether oxygens (including phenoxy) is 1. The predicted molar refractivity (Wildman–Crippen MR) is 94.8 cm³/mol. The number of hydrogen-bond donors (Lipinski definition) is 1. The molecule has 2 aromatic rings. The van der Waals surface area contributed by atoms with Crippen molar-refractivity contribution in [3.8, 4) is 0 Å². The smallest absolute Gasteiger partial charge is 0.257 e. The summed E-state index contributed by atoms with van der Waals surface area (Å²) in [5.41, 5.74) is 4.01. The number of aryl methyl sites for hydroxylation is 3. The van der Waals surface area contributed by atoms with Gasteiger partial charge >= 0.3 is 0 Å². The van der Waals surface area contributed by atoms with Crippen molar-refractivity contribution < 1.29 is 9.53 Å². The Balaban J connectivity index is 1.60. The van der Waals surface area contributed by atoms with Crippen molar-refractivity contribution >= 4 is 11.6 Å². The highest BCUT2D eigenvalue weighted by Gasteiger charge is 2.59. The van der Waals surface area contributed by atoms with E-state index in [4.69, 9.17) is 4.74 Å². The minimum absolute atomic E-state index is 0.0591. The Morgan fingerprint density at radius 3 is 2.80 bits per heavy atom. The first-order valence-electron chi connectivity index (χ1n) is 9.22. The van der Waals surface area contributed by atoms with Crippen LogP contribution >= 0.6 is 0 Å². The van der Waals surface area contributed by atoms with Gasteiger partial charge in [-0.25, -0.2) is 9.50 Å². The van der Waals surface area contributed by atoms with Gasteiger partial charge in [0, 0.05) is 29.5 Å². The van der Waals surface area contributed by atoms with Gasteiger partial charge in [-0.3, -0.25) is 4.79 Å². The van der Waals surface area contributed by atoms with Crippen LogP contribution < -0.4 is 5.32 Å². The van der Waals surface area contributed by atoms with Gasteiger partial charge < -0.3 is 10.1 Å². The third-order valence-electron chi connectivity index (χ3n) is 6.04. The average Bonchev–Trinajstić information content (AvgIpc) is 2.80. The topological polar surface area (TPSA) is 68.5 Å². The van der Waals surface area contributed by atoms with Crippen molar-refractivity contribution in [3.05, 3.63) is 28.7 Å². The summed E-state index contributed by atoms with van der Waals surface area (Å²) in [7, 11) is 0. The molecular formula is C19H26N4O2. The number of carbonyl (C=O) groups is 1. The average molecular weight is 342 g/mol. The predicted octanol–water partition coefficient (Wildman–Crippen LogP) is 2.73. The Labute approximate surface area is 148 Å². The third kappa shape index (κ3) is 2.38. The van der Waals surface area contributed by atoms with Gasteiger partial charge in [0.1, 0.15) is 5.56 Å². The van der Waals surface area contributed by atoms with Crippen molar-refractivity contribution in [2.24, 2.45) is 5.41 Å². The number of amides is 1. The van der Waals surface area contributed by atoms with Gasteiger partial charge in [0.25, 0.3) is 5.91 Å². The fourth-order valence-corrected chi connectivity index (χ4v) is 4.56. The standard InChI is InChI=1S/C19H26N4O2/c1-5-25-15-10-14(19(15)7-6-8-19)21-18(24)16-13(4)22-23-12(3)9-11(2)20-17(16)23/h9,14-15H,5-8,10H2,1-4H3,(H,21,24)/t14-,15-/m0/s1. The number of aromatic nitrogens is 3. The molecule has 1 spiro atoms. The lowest BCUT2D eigenvalue weighted by atomic mass is 9.51. The number of hydrogen-bond acceptors (Lipinski definition) is 4. The molecule has 2 saturated carbocycles. The van der Waals surface area contributed by atoms with Crippen molar-refractivity contribution in [1.29, 1.82) is 0 Å². The van der Waals surface area contributed by atoms with E-state index < -0.39 is 0 Å². The number of fused-ring (bicyclic) bond motifs is 1. The van der Waals surface area contributed by atoms with E-state index in [9.17, 15) is 4.79 Å². The van der Waals surface area contributed by atoms with Crippen LogP contribution in [0.25, 0.3) is 5.65 Å². The van der Waals surface area contributed by atoms with E-state index in [0.717, 1.165) is 43.0 Å². The molecule has 0 bridgehead atoms. The summed E-state index contributed by atoms with van der Waals surface area (Å²) in [4.78, 5) is 17.6. The Morgan fingerprint density at radius 2 is 2.16 bits per heavy atom. The number of rotatable bonds is 4. The molecule has 2 heterocycles. The van der Waals surface area contributed by atoms with Crippen LogP contribution in [0.1, 0.15) is 60.0 Å². The van der Waals surface area contributed by atoms with Gasteiger partial charge in [-0.1, -0.05) is 6.42 Å². The van der Waals surface area contributed by atoms with Crippen molar-refractivity contribution in [2.45, 2.75) is 65.5 Å². The second-order valence-corrected chi connectivity index (χ2v) is 7.53. The molecule has 134 valence electrons. The van der Waals surface area contributed by atoms with Crippen LogP contribution in [0.4, 0.5) is 0 Å². The van der Waals surface area contributed by atoms with Crippen LogP contribution in [0, 0.1) is 26.2 Å². The lowest BCUT2D eigenvalue weighted by Crippen LogP contribution is -2.67. The summed E-state index contributed by atoms with van der Waals surface area (Å²) in [6, 6.07) is 2.17. The molecule has 1 amide bonds. The summed E-state index contributed by atoms with van der Waals surface area (Å²) >= 11 is 0. The molecule has 6 heteroatoms. The molecule has 2 aliphatic carbocycles. The van der Waals surface area contributed by atoms with E-state index in [-0.39, 0.29) is 17.4 Å². The summed E-state index contributed by atoms with van der Waals surface area (Å²) in [5, 5.41) is 7.77. The molecule has 2 aromatic heterocycles. The van der Waals surface area contributed by atoms with Crippen LogP contribution in [-0.2, 0) is 4.74 Å². The molecule has 0 aliphatic heterocycles. The maximum absolute atomic E-state index is 13.0. The second-order valence-electron chi connectivity index (χ2n) is 7.53. The Hall–Kier alpha value is -1.95. The van der Waals surface area contributed by atoms with E-state index in [2.05, 4.69) is 15.4 Å². The first kappa shape index (κ1) is 16.5. The molecule has 0 radical (unpaired) electrons. The molecule has 6 nitrogen and oxygen atoms in total. The summed E-state index contributed by atoms with van der Waals surface area (Å²) in [5.74, 6) is -0.0591. The molecule has 2 atom stereocenters. The van der Waals surface area contributed by atoms with Gasteiger partial charge in [0.2, 0.25) is 0 Å². The highest BCUT2D eigenvalue weighted by molar-refractivity contribution is 6.01. The van der Waals surface area contributed by atoms with Gasteiger partial charge in [-0.05, 0) is 53.0 Å². The molecular weight excluding hydrogens is 316 g/mol. The minimum Gasteiger partial charge on any atom is -0.378 e. The van der Waals surface area contributed by atoms with Crippen LogP contribution in [0.5, 0.6) is 0 Å². The summed E-state index contributed by atoms with van der Waals surface area (Å²) in [6.07, 6.45) is 4.72.